The molecule has 2 heterocycles. The van der Waals surface area contributed by atoms with E-state index in [0.717, 1.165) is 11.7 Å². The minimum absolute atomic E-state index is 0.00396. The monoisotopic (exact) mass is 463 g/mol. The molecular weight excluding hydrogens is 443 g/mol. The number of anilines is 1. The van der Waals surface area contributed by atoms with Crippen molar-refractivity contribution in [2.75, 3.05) is 25.5 Å². The number of halogens is 3. The number of piperidine rings is 1. The summed E-state index contributed by atoms with van der Waals surface area (Å²) in [6.45, 7) is 0.0268. The first-order chi connectivity index (χ1) is 14.4. The second-order valence-corrected chi connectivity index (χ2v) is 8.82. The Morgan fingerprint density at radius 3 is 2.26 bits per heavy atom. The van der Waals surface area contributed by atoms with Gasteiger partial charge in [-0.3, -0.25) is 9.88 Å². The average molecular weight is 463 g/mol. The van der Waals surface area contributed by atoms with E-state index < -0.39 is 39.8 Å². The summed E-state index contributed by atoms with van der Waals surface area (Å²) in [6, 6.07) is 4.82. The zero-order valence-corrected chi connectivity index (χ0v) is 17.4. The van der Waals surface area contributed by atoms with E-state index in [9.17, 15) is 31.2 Å². The van der Waals surface area contributed by atoms with Crippen LogP contribution in [0, 0.1) is 0 Å². The summed E-state index contributed by atoms with van der Waals surface area (Å²) in [5, 5.41) is 5.82. The number of sulfonamides is 1. The molecule has 170 valence electrons. The van der Waals surface area contributed by atoms with Crippen molar-refractivity contribution in [2.45, 2.75) is 30.0 Å². The summed E-state index contributed by atoms with van der Waals surface area (Å²) in [5.74, 6) is -1.30. The Kier molecular flexibility index (Phi) is 6.14. The van der Waals surface area contributed by atoms with Gasteiger partial charge in [-0.15, -0.1) is 5.10 Å². The van der Waals surface area contributed by atoms with Crippen LogP contribution in [0.3, 0.4) is 0 Å². The molecule has 3 rings (SSSR count). The minimum Gasteiger partial charge on any atom is -0.453 e. The number of methoxy groups -OCH3 is 1. The molecule has 0 bridgehead atoms. The lowest BCUT2D eigenvalue weighted by atomic mass is 10.1. The van der Waals surface area contributed by atoms with Gasteiger partial charge in [-0.05, 0) is 37.1 Å². The van der Waals surface area contributed by atoms with E-state index in [-0.39, 0.29) is 30.8 Å². The number of nitrogens with zero attached hydrogens (tertiary/aromatic N) is 4. The summed E-state index contributed by atoms with van der Waals surface area (Å²) in [5.41, 5.74) is -0.554. The number of rotatable bonds is 4. The van der Waals surface area contributed by atoms with Crippen LogP contribution in [0.2, 0.25) is 0 Å². The molecule has 14 heteroatoms. The molecule has 0 saturated carbocycles. The highest BCUT2D eigenvalue weighted by Crippen LogP contribution is 2.29. The Morgan fingerprint density at radius 1 is 1.19 bits per heavy atom. The van der Waals surface area contributed by atoms with Gasteiger partial charge in [0.25, 0.3) is 0 Å². The first-order valence-corrected chi connectivity index (χ1v) is 10.6. The van der Waals surface area contributed by atoms with Crippen LogP contribution in [0.15, 0.2) is 34.0 Å². The lowest BCUT2D eigenvalue weighted by Gasteiger charge is -2.30. The molecule has 1 amide bonds. The van der Waals surface area contributed by atoms with Crippen molar-refractivity contribution < 1.29 is 31.1 Å². The van der Waals surface area contributed by atoms with Crippen LogP contribution in [0.25, 0.3) is 0 Å². The molecule has 1 saturated heterocycles. The normalized spacial score (nSPS) is 16.3. The predicted molar refractivity (Wildman–Crippen MR) is 102 cm³/mol. The van der Waals surface area contributed by atoms with Crippen molar-refractivity contribution in [3.05, 3.63) is 40.6 Å². The SMILES string of the molecule is COC(=O)Nc1ccc(S(=O)(=O)N2CCC(n3nc(C(F)(F)F)n(C)c3=O)CC2)cc1. The molecule has 1 aliphatic heterocycles. The standard InChI is InChI=1S/C17H20F3N5O5S/c1-23-14(17(18,19)20)22-25(16(23)27)12-7-9-24(10-8-12)31(28,29)13-5-3-11(4-6-13)21-15(26)30-2/h3-6,12H,7-10H2,1-2H3,(H,21,26). The third kappa shape index (κ3) is 4.58. The van der Waals surface area contributed by atoms with E-state index in [4.69, 9.17) is 0 Å². The van der Waals surface area contributed by atoms with Gasteiger partial charge in [0.1, 0.15) is 0 Å². The van der Waals surface area contributed by atoms with Crippen molar-refractivity contribution in [1.29, 1.82) is 0 Å². The van der Waals surface area contributed by atoms with Crippen molar-refractivity contribution in [3.8, 4) is 0 Å². The van der Waals surface area contributed by atoms with E-state index in [0.29, 0.717) is 10.3 Å². The summed E-state index contributed by atoms with van der Waals surface area (Å²) in [7, 11) is -1.67. The highest BCUT2D eigenvalue weighted by Gasteiger charge is 2.39. The Balaban J connectivity index is 1.72. The molecule has 2 aromatic rings. The maximum absolute atomic E-state index is 13.0. The van der Waals surface area contributed by atoms with E-state index >= 15 is 0 Å². The van der Waals surface area contributed by atoms with Gasteiger partial charge in [0.05, 0.1) is 18.0 Å². The first kappa shape index (κ1) is 22.8. The van der Waals surface area contributed by atoms with Gasteiger partial charge in [-0.25, -0.2) is 22.7 Å². The van der Waals surface area contributed by atoms with Gasteiger partial charge in [0, 0.05) is 25.8 Å². The van der Waals surface area contributed by atoms with E-state index in [1.54, 1.807) is 0 Å². The fourth-order valence-corrected chi connectivity index (χ4v) is 4.77. The number of alkyl halides is 3. The minimum atomic E-state index is -4.77. The highest BCUT2D eigenvalue weighted by molar-refractivity contribution is 7.89. The number of carbonyl (C=O) groups is 1. The van der Waals surface area contributed by atoms with Gasteiger partial charge in [-0.1, -0.05) is 0 Å². The van der Waals surface area contributed by atoms with Crippen LogP contribution in [0.1, 0.15) is 24.7 Å². The number of benzene rings is 1. The Morgan fingerprint density at radius 2 is 1.77 bits per heavy atom. The van der Waals surface area contributed by atoms with Crippen molar-refractivity contribution >= 4 is 21.8 Å². The van der Waals surface area contributed by atoms with Crippen LogP contribution < -0.4 is 11.0 Å². The van der Waals surface area contributed by atoms with E-state index in [2.05, 4.69) is 15.2 Å². The molecule has 1 fully saturated rings. The molecule has 1 aliphatic rings. The van der Waals surface area contributed by atoms with Gasteiger partial charge >= 0.3 is 18.0 Å². The van der Waals surface area contributed by atoms with Crippen LogP contribution in [0.5, 0.6) is 0 Å². The molecule has 31 heavy (non-hydrogen) atoms. The molecule has 0 unspecified atom stereocenters. The molecule has 0 radical (unpaired) electrons. The Bertz CT molecular complexity index is 1120. The van der Waals surface area contributed by atoms with Crippen LogP contribution in [-0.4, -0.2) is 53.4 Å². The average Bonchev–Trinajstić information content (AvgIpc) is 3.03. The fourth-order valence-electron chi connectivity index (χ4n) is 3.30. The van der Waals surface area contributed by atoms with Crippen molar-refractivity contribution in [3.63, 3.8) is 0 Å². The van der Waals surface area contributed by atoms with Crippen LogP contribution in [-0.2, 0) is 28.0 Å². The number of hydrogen-bond acceptors (Lipinski definition) is 6. The van der Waals surface area contributed by atoms with Gasteiger partial charge < -0.3 is 4.74 Å². The Labute approximate surface area is 175 Å². The first-order valence-electron chi connectivity index (χ1n) is 9.13. The summed E-state index contributed by atoms with van der Waals surface area (Å²) >= 11 is 0. The number of carbonyl (C=O) groups excluding carboxylic acids is 1. The molecule has 1 aromatic heterocycles. The number of nitrogens with one attached hydrogen (secondary N) is 1. The second kappa shape index (κ2) is 8.34. The summed E-state index contributed by atoms with van der Waals surface area (Å²) < 4.78 is 71.5. The zero-order chi connectivity index (χ0) is 23.0. The lowest BCUT2D eigenvalue weighted by molar-refractivity contribution is -0.147. The maximum Gasteiger partial charge on any atom is 0.451 e. The van der Waals surface area contributed by atoms with Crippen molar-refractivity contribution in [2.24, 2.45) is 7.05 Å². The van der Waals surface area contributed by atoms with Crippen LogP contribution in [0.4, 0.5) is 23.7 Å². The predicted octanol–water partition coefficient (Wildman–Crippen LogP) is 1.80. The Hall–Kier alpha value is -2.87. The largest absolute Gasteiger partial charge is 0.453 e. The molecular formula is C17H20F3N5O5S. The van der Waals surface area contributed by atoms with Gasteiger partial charge in [0.15, 0.2) is 0 Å². The van der Waals surface area contributed by atoms with Crippen LogP contribution >= 0.6 is 0 Å². The topological polar surface area (TPSA) is 116 Å². The van der Waals surface area contributed by atoms with E-state index in [1.165, 1.54) is 35.7 Å². The smallest absolute Gasteiger partial charge is 0.451 e. The molecule has 10 nitrogen and oxygen atoms in total. The number of ether oxygens (including phenoxy) is 1. The third-order valence-electron chi connectivity index (χ3n) is 4.95. The van der Waals surface area contributed by atoms with Gasteiger partial charge in [-0.2, -0.15) is 17.5 Å². The van der Waals surface area contributed by atoms with E-state index in [1.807, 2.05) is 0 Å². The summed E-state index contributed by atoms with van der Waals surface area (Å²) in [4.78, 5) is 23.4. The molecule has 0 atom stereocenters. The summed E-state index contributed by atoms with van der Waals surface area (Å²) in [6.07, 6.45) is -5.20. The molecule has 0 aliphatic carbocycles. The number of aromatic nitrogens is 3. The van der Waals surface area contributed by atoms with Gasteiger partial charge in [0.2, 0.25) is 15.8 Å². The number of hydrogen-bond donors (Lipinski definition) is 1. The quantitative estimate of drug-likeness (QED) is 0.740. The zero-order valence-electron chi connectivity index (χ0n) is 16.6. The highest BCUT2D eigenvalue weighted by atomic mass is 32.2. The number of amides is 1. The third-order valence-corrected chi connectivity index (χ3v) is 6.86. The molecule has 1 N–H and O–H groups in total. The fraction of sp³-hybridized carbons (Fsp3) is 0.471. The van der Waals surface area contributed by atoms with Crippen molar-refractivity contribution in [1.82, 2.24) is 18.7 Å². The maximum atomic E-state index is 13.0. The lowest BCUT2D eigenvalue weighted by Crippen LogP contribution is -2.41. The molecule has 0 spiro atoms. The second-order valence-electron chi connectivity index (χ2n) is 6.88. The molecule has 1 aromatic carbocycles.